The highest BCUT2D eigenvalue weighted by atomic mass is 19.4. The van der Waals surface area contributed by atoms with Crippen LogP contribution in [0.2, 0.25) is 0 Å². The number of aromatic nitrogens is 1. The van der Waals surface area contributed by atoms with Gasteiger partial charge in [-0.05, 0) is 85.2 Å². The third-order valence-electron chi connectivity index (χ3n) is 7.98. The molecule has 1 aromatic heterocycles. The fourth-order valence-electron chi connectivity index (χ4n) is 5.89. The van der Waals surface area contributed by atoms with Gasteiger partial charge in [0.15, 0.2) is 0 Å². The zero-order valence-corrected chi connectivity index (χ0v) is 22.1. The van der Waals surface area contributed by atoms with Crippen LogP contribution in [0.5, 0.6) is 0 Å². The zero-order valence-electron chi connectivity index (χ0n) is 22.1. The Hall–Kier alpha value is -3.10. The molecule has 1 saturated carbocycles. The van der Waals surface area contributed by atoms with E-state index in [1.807, 2.05) is 12.3 Å². The number of halogens is 3. The van der Waals surface area contributed by atoms with Crippen molar-refractivity contribution < 1.29 is 18.3 Å². The number of aliphatic hydroxyl groups excluding tert-OH is 1. The van der Waals surface area contributed by atoms with Crippen LogP contribution in [0, 0.1) is 0 Å². The van der Waals surface area contributed by atoms with Gasteiger partial charge in [-0.25, -0.2) is 4.98 Å². The van der Waals surface area contributed by atoms with Crippen molar-refractivity contribution >= 4 is 11.5 Å². The predicted octanol–water partition coefficient (Wildman–Crippen LogP) is 6.28. The van der Waals surface area contributed by atoms with E-state index in [9.17, 15) is 13.2 Å². The van der Waals surface area contributed by atoms with E-state index < -0.39 is 11.7 Å². The molecule has 0 amide bonds. The van der Waals surface area contributed by atoms with Gasteiger partial charge < -0.3 is 20.6 Å². The highest BCUT2D eigenvalue weighted by molar-refractivity contribution is 5.66. The average molecular weight is 539 g/mol. The molecule has 3 aromatic rings. The first-order valence-corrected chi connectivity index (χ1v) is 14.0. The molecule has 0 unspecified atom stereocenters. The van der Waals surface area contributed by atoms with Gasteiger partial charge in [-0.1, -0.05) is 37.1 Å². The van der Waals surface area contributed by atoms with Crippen LogP contribution < -0.4 is 15.5 Å². The molecule has 5 rings (SSSR count). The molecule has 1 aliphatic carbocycles. The minimum absolute atomic E-state index is 0.146. The van der Waals surface area contributed by atoms with Gasteiger partial charge in [0, 0.05) is 49.7 Å². The van der Waals surface area contributed by atoms with Gasteiger partial charge in [0.1, 0.15) is 5.82 Å². The van der Waals surface area contributed by atoms with Gasteiger partial charge in [0.2, 0.25) is 0 Å². The van der Waals surface area contributed by atoms with Gasteiger partial charge in [0.25, 0.3) is 0 Å². The fraction of sp³-hybridized carbons (Fsp3) is 0.452. The molecule has 2 fully saturated rings. The predicted molar refractivity (Wildman–Crippen MR) is 150 cm³/mol. The van der Waals surface area contributed by atoms with Crippen molar-refractivity contribution in [3.63, 3.8) is 0 Å². The SMILES string of the molecule is OCCc1ccc(-c2ccnc(N[C@@H]3CCCC[C@H]3N[C@H]3CCCN(c4ccc(C(F)(F)F)cc4)C3)c2)cc1. The molecular formula is C31H37F3N4O. The fourth-order valence-corrected chi connectivity index (χ4v) is 5.89. The van der Waals surface area contributed by atoms with E-state index in [0.29, 0.717) is 12.5 Å². The van der Waals surface area contributed by atoms with Gasteiger partial charge in [-0.3, -0.25) is 0 Å². The Balaban J connectivity index is 1.22. The van der Waals surface area contributed by atoms with Crippen molar-refractivity contribution in [1.29, 1.82) is 0 Å². The number of pyridine rings is 1. The van der Waals surface area contributed by atoms with Gasteiger partial charge in [-0.15, -0.1) is 0 Å². The molecule has 5 nitrogen and oxygen atoms in total. The van der Waals surface area contributed by atoms with Crippen molar-refractivity contribution in [1.82, 2.24) is 10.3 Å². The lowest BCUT2D eigenvalue weighted by Gasteiger charge is -2.40. The summed E-state index contributed by atoms with van der Waals surface area (Å²) in [5.41, 5.74) is 3.57. The Morgan fingerprint density at radius 3 is 2.33 bits per heavy atom. The Morgan fingerprint density at radius 2 is 1.62 bits per heavy atom. The van der Waals surface area contributed by atoms with E-state index in [4.69, 9.17) is 5.11 Å². The largest absolute Gasteiger partial charge is 0.416 e. The maximum atomic E-state index is 13.0. The van der Waals surface area contributed by atoms with Crippen molar-refractivity contribution in [3.8, 4) is 11.1 Å². The Bertz CT molecular complexity index is 1200. The minimum atomic E-state index is -4.31. The topological polar surface area (TPSA) is 60.4 Å². The minimum Gasteiger partial charge on any atom is -0.396 e. The molecule has 3 N–H and O–H groups in total. The number of hydrogen-bond acceptors (Lipinski definition) is 5. The summed E-state index contributed by atoms with van der Waals surface area (Å²) in [5, 5.41) is 16.8. The third kappa shape index (κ3) is 7.11. The Kier molecular flexibility index (Phi) is 8.72. The lowest BCUT2D eigenvalue weighted by Crippen LogP contribution is -2.55. The molecule has 0 spiro atoms. The number of rotatable bonds is 8. The first-order valence-electron chi connectivity index (χ1n) is 14.0. The zero-order chi connectivity index (χ0) is 27.2. The number of nitrogens with zero attached hydrogens (tertiary/aromatic N) is 2. The van der Waals surface area contributed by atoms with Crippen molar-refractivity contribution in [2.24, 2.45) is 0 Å². The van der Waals surface area contributed by atoms with Crippen LogP contribution in [0.4, 0.5) is 24.7 Å². The highest BCUT2D eigenvalue weighted by Crippen LogP contribution is 2.32. The van der Waals surface area contributed by atoms with Crippen LogP contribution >= 0.6 is 0 Å². The second-order valence-electron chi connectivity index (χ2n) is 10.7. The summed E-state index contributed by atoms with van der Waals surface area (Å²) in [6.45, 7) is 1.79. The van der Waals surface area contributed by atoms with Gasteiger partial charge in [0.05, 0.1) is 5.56 Å². The van der Waals surface area contributed by atoms with Crippen LogP contribution in [0.3, 0.4) is 0 Å². The van der Waals surface area contributed by atoms with Crippen LogP contribution in [0.15, 0.2) is 66.9 Å². The van der Waals surface area contributed by atoms with Crippen LogP contribution in [-0.4, -0.2) is 47.9 Å². The lowest BCUT2D eigenvalue weighted by atomic mass is 9.89. The normalized spacial score (nSPS) is 22.1. The number of benzene rings is 2. The van der Waals surface area contributed by atoms with E-state index in [1.54, 1.807) is 12.1 Å². The number of hydrogen-bond donors (Lipinski definition) is 3. The first-order chi connectivity index (χ1) is 18.9. The molecule has 1 saturated heterocycles. The molecule has 39 heavy (non-hydrogen) atoms. The molecular weight excluding hydrogens is 501 g/mol. The number of alkyl halides is 3. The third-order valence-corrected chi connectivity index (χ3v) is 7.98. The monoisotopic (exact) mass is 538 g/mol. The Labute approximate surface area is 228 Å². The molecule has 0 radical (unpaired) electrons. The van der Waals surface area contributed by atoms with E-state index >= 15 is 0 Å². The van der Waals surface area contributed by atoms with Crippen molar-refractivity contribution in [2.45, 2.75) is 69.2 Å². The molecule has 3 atom stereocenters. The highest BCUT2D eigenvalue weighted by Gasteiger charge is 2.32. The summed E-state index contributed by atoms with van der Waals surface area (Å²) in [5.74, 6) is 0.862. The molecule has 2 aromatic carbocycles. The van der Waals surface area contributed by atoms with Crippen LogP contribution in [-0.2, 0) is 12.6 Å². The number of anilines is 2. The molecule has 1 aliphatic heterocycles. The quantitative estimate of drug-likeness (QED) is 0.315. The van der Waals surface area contributed by atoms with E-state index in [-0.39, 0.29) is 18.7 Å². The average Bonchev–Trinajstić information content (AvgIpc) is 2.95. The van der Waals surface area contributed by atoms with Crippen molar-refractivity contribution in [3.05, 3.63) is 78.0 Å². The van der Waals surface area contributed by atoms with E-state index in [2.05, 4.69) is 50.8 Å². The number of nitrogens with one attached hydrogen (secondary N) is 2. The van der Waals surface area contributed by atoms with E-state index in [0.717, 1.165) is 67.0 Å². The maximum absolute atomic E-state index is 13.0. The molecule has 2 heterocycles. The lowest BCUT2D eigenvalue weighted by molar-refractivity contribution is -0.137. The summed E-state index contributed by atoms with van der Waals surface area (Å²) in [6.07, 6.45) is 4.74. The Morgan fingerprint density at radius 1 is 0.872 bits per heavy atom. The second kappa shape index (κ2) is 12.4. The molecule has 2 aliphatic rings. The molecule has 208 valence electrons. The summed E-state index contributed by atoms with van der Waals surface area (Å²) in [4.78, 5) is 6.80. The smallest absolute Gasteiger partial charge is 0.396 e. The number of piperidine rings is 1. The molecule has 0 bridgehead atoms. The van der Waals surface area contributed by atoms with Crippen LogP contribution in [0.25, 0.3) is 11.1 Å². The molecule has 8 heteroatoms. The second-order valence-corrected chi connectivity index (χ2v) is 10.7. The summed E-state index contributed by atoms with van der Waals surface area (Å²) in [7, 11) is 0. The first kappa shape index (κ1) is 27.5. The van der Waals surface area contributed by atoms with Gasteiger partial charge in [-0.2, -0.15) is 13.2 Å². The number of aliphatic hydroxyl groups is 1. The van der Waals surface area contributed by atoms with Crippen molar-refractivity contribution in [2.75, 3.05) is 29.9 Å². The summed E-state index contributed by atoms with van der Waals surface area (Å²) < 4.78 is 39.0. The summed E-state index contributed by atoms with van der Waals surface area (Å²) in [6, 6.07) is 18.8. The summed E-state index contributed by atoms with van der Waals surface area (Å²) >= 11 is 0. The van der Waals surface area contributed by atoms with Gasteiger partial charge >= 0.3 is 6.18 Å². The van der Waals surface area contributed by atoms with Crippen LogP contribution in [0.1, 0.15) is 49.7 Å². The van der Waals surface area contributed by atoms with E-state index in [1.165, 1.54) is 25.0 Å². The maximum Gasteiger partial charge on any atom is 0.416 e. The standard InChI is InChI=1S/C31H37F3N4O/c32-31(33,34)25-11-13-27(14-12-25)38-18-3-4-26(21-38)36-28-5-1-2-6-29(28)37-30-20-24(15-17-35-30)23-9-7-22(8-10-23)16-19-39/h7-15,17,20,26,28-29,36,39H,1-6,16,18-19,21H2,(H,35,37)/t26-,28+,29+/m0/s1.